The zero-order valence-corrected chi connectivity index (χ0v) is 17.3. The van der Waals surface area contributed by atoms with E-state index in [4.69, 9.17) is 0 Å². The van der Waals surface area contributed by atoms with Crippen LogP contribution in [-0.2, 0) is 0 Å². The third kappa shape index (κ3) is 3.74. The maximum absolute atomic E-state index is 11.2. The maximum atomic E-state index is 11.2. The van der Waals surface area contributed by atoms with Gasteiger partial charge in [0, 0.05) is 34.6 Å². The summed E-state index contributed by atoms with van der Waals surface area (Å²) in [6.07, 6.45) is 2.59. The second-order valence-corrected chi connectivity index (χ2v) is 8.74. The summed E-state index contributed by atoms with van der Waals surface area (Å²) in [5.41, 5.74) is 6.09. The van der Waals surface area contributed by atoms with Crippen LogP contribution in [0, 0.1) is 6.92 Å². The molecule has 4 aromatic rings. The zero-order chi connectivity index (χ0) is 19.7. The molecule has 3 heterocycles. The molecule has 0 atom stereocenters. The third-order valence-corrected chi connectivity index (χ3v) is 5.94. The highest BCUT2D eigenvalue weighted by Crippen LogP contribution is 2.34. The minimum atomic E-state index is 0.245. The number of fused-ring (bicyclic) bond motifs is 1. The smallest absolute Gasteiger partial charge is 0.169 e. The van der Waals surface area contributed by atoms with Gasteiger partial charge in [-0.3, -0.25) is 4.79 Å². The van der Waals surface area contributed by atoms with Gasteiger partial charge in [0.25, 0.3) is 0 Å². The molecule has 0 aliphatic rings. The Hall–Kier alpha value is -2.84. The van der Waals surface area contributed by atoms with E-state index in [9.17, 15) is 4.79 Å². The van der Waals surface area contributed by atoms with Crippen LogP contribution < -0.4 is 10.6 Å². The van der Waals surface area contributed by atoms with Crippen molar-refractivity contribution in [3.63, 3.8) is 0 Å². The summed E-state index contributed by atoms with van der Waals surface area (Å²) in [7, 11) is 0. The highest BCUT2D eigenvalue weighted by atomic mass is 32.1. The molecule has 0 saturated carbocycles. The number of aryl methyl sites for hydroxylation is 1. The van der Waals surface area contributed by atoms with Gasteiger partial charge in [-0.15, -0.1) is 22.7 Å². The molecular weight excluding hydrogens is 390 g/mol. The van der Waals surface area contributed by atoms with Crippen molar-refractivity contribution >= 4 is 56.4 Å². The molecule has 8 heteroatoms. The van der Waals surface area contributed by atoms with Crippen LogP contribution >= 0.6 is 22.7 Å². The van der Waals surface area contributed by atoms with E-state index in [2.05, 4.69) is 45.5 Å². The van der Waals surface area contributed by atoms with Crippen molar-refractivity contribution in [1.29, 1.82) is 0 Å². The van der Waals surface area contributed by atoms with Gasteiger partial charge >= 0.3 is 0 Å². The lowest BCUT2D eigenvalue weighted by atomic mass is 10.2. The Balaban J connectivity index is 1.69. The van der Waals surface area contributed by atoms with Gasteiger partial charge in [-0.05, 0) is 39.0 Å². The zero-order valence-electron chi connectivity index (χ0n) is 15.7. The van der Waals surface area contributed by atoms with Crippen molar-refractivity contribution in [2.75, 3.05) is 10.6 Å². The van der Waals surface area contributed by atoms with Gasteiger partial charge in [0.05, 0.1) is 21.3 Å². The van der Waals surface area contributed by atoms with Crippen LogP contribution in [0.3, 0.4) is 0 Å². The maximum Gasteiger partial charge on any atom is 0.169 e. The molecule has 0 aliphatic heterocycles. The van der Waals surface area contributed by atoms with E-state index >= 15 is 0 Å². The molecule has 3 aromatic heterocycles. The van der Waals surface area contributed by atoms with Crippen molar-refractivity contribution < 1.29 is 4.79 Å². The van der Waals surface area contributed by atoms with Gasteiger partial charge in [-0.25, -0.2) is 15.0 Å². The normalized spacial score (nSPS) is 11.1. The molecule has 0 radical (unpaired) electrons. The molecule has 0 spiro atoms. The first-order valence-electron chi connectivity index (χ1n) is 8.83. The molecule has 0 saturated heterocycles. The molecule has 0 aliphatic carbocycles. The van der Waals surface area contributed by atoms with Crippen LogP contribution in [-0.4, -0.2) is 27.3 Å². The average Bonchev–Trinajstić information content (AvgIpc) is 3.27. The Morgan fingerprint density at radius 3 is 2.79 bits per heavy atom. The fraction of sp³-hybridized carbons (Fsp3) is 0.200. The van der Waals surface area contributed by atoms with Crippen molar-refractivity contribution in [2.24, 2.45) is 0 Å². The van der Waals surface area contributed by atoms with E-state index in [0.717, 1.165) is 49.1 Å². The summed E-state index contributed by atoms with van der Waals surface area (Å²) in [5, 5.41) is 7.61. The second-order valence-electron chi connectivity index (χ2n) is 6.65. The summed E-state index contributed by atoms with van der Waals surface area (Å²) >= 11 is 3.11. The van der Waals surface area contributed by atoms with Crippen LogP contribution in [0.5, 0.6) is 0 Å². The molecule has 2 N–H and O–H groups in total. The van der Waals surface area contributed by atoms with Gasteiger partial charge in [-0.1, -0.05) is 0 Å². The number of hydrogen-bond acceptors (Lipinski definition) is 8. The van der Waals surface area contributed by atoms with Gasteiger partial charge in [0.2, 0.25) is 0 Å². The predicted molar refractivity (Wildman–Crippen MR) is 117 cm³/mol. The average molecular weight is 410 g/mol. The fourth-order valence-corrected chi connectivity index (χ4v) is 4.46. The third-order valence-electron chi connectivity index (χ3n) is 4.13. The lowest BCUT2D eigenvalue weighted by Crippen LogP contribution is -2.11. The van der Waals surface area contributed by atoms with E-state index in [1.807, 2.05) is 30.6 Å². The number of rotatable bonds is 6. The molecule has 28 heavy (non-hydrogen) atoms. The quantitative estimate of drug-likeness (QED) is 0.409. The number of nitrogens with zero attached hydrogens (tertiary/aromatic N) is 3. The molecule has 0 unspecified atom stereocenters. The number of aldehydes is 1. The first kappa shape index (κ1) is 18.5. The second kappa shape index (κ2) is 7.65. The van der Waals surface area contributed by atoms with E-state index in [1.54, 1.807) is 17.5 Å². The fourth-order valence-electron chi connectivity index (χ4n) is 2.84. The van der Waals surface area contributed by atoms with Crippen LogP contribution in [0.1, 0.15) is 29.2 Å². The van der Waals surface area contributed by atoms with Crippen LogP contribution in [0.25, 0.3) is 20.8 Å². The highest BCUT2D eigenvalue weighted by Gasteiger charge is 2.15. The van der Waals surface area contributed by atoms with Crippen LogP contribution in [0.4, 0.5) is 17.2 Å². The Morgan fingerprint density at radius 1 is 1.18 bits per heavy atom. The number of nitrogens with one attached hydrogen (secondary N) is 2. The van der Waals surface area contributed by atoms with Crippen molar-refractivity contribution in [3.8, 4) is 10.6 Å². The molecule has 4 rings (SSSR count). The first-order valence-corrected chi connectivity index (χ1v) is 10.5. The summed E-state index contributed by atoms with van der Waals surface area (Å²) in [6.45, 7) is 6.07. The largest absolute Gasteiger partial charge is 0.382 e. The standard InChI is InChI=1S/C20H19N5OS2/c1-11(2)23-16-7-19(24-13-4-5-15-18(6-13)27-10-22-15)21-8-14(16)20-25-17(9-26)12(3)28-20/h4-11H,1-3H3,(H2,21,23,24). The van der Waals surface area contributed by atoms with E-state index in [0.29, 0.717) is 5.69 Å². The predicted octanol–water partition coefficient (Wildman–Crippen LogP) is 5.50. The van der Waals surface area contributed by atoms with Crippen molar-refractivity contribution in [2.45, 2.75) is 26.8 Å². The van der Waals surface area contributed by atoms with Gasteiger partial charge in [-0.2, -0.15) is 0 Å². The summed E-state index contributed by atoms with van der Waals surface area (Å²) in [5.74, 6) is 0.736. The highest BCUT2D eigenvalue weighted by molar-refractivity contribution is 7.16. The number of thiazole rings is 2. The Kier molecular flexibility index (Phi) is 5.06. The van der Waals surface area contributed by atoms with Crippen molar-refractivity contribution in [3.05, 3.63) is 46.5 Å². The monoisotopic (exact) mass is 409 g/mol. The summed E-state index contributed by atoms with van der Waals surface area (Å²) in [6, 6.07) is 8.28. The summed E-state index contributed by atoms with van der Waals surface area (Å²) < 4.78 is 1.13. The van der Waals surface area contributed by atoms with E-state index < -0.39 is 0 Å². The molecule has 0 fully saturated rings. The summed E-state index contributed by atoms with van der Waals surface area (Å²) in [4.78, 5) is 25.4. The first-order chi connectivity index (χ1) is 13.5. The minimum absolute atomic E-state index is 0.245. The number of carbonyl (C=O) groups is 1. The molecule has 142 valence electrons. The number of benzene rings is 1. The lowest BCUT2D eigenvalue weighted by molar-refractivity contribution is 0.111. The van der Waals surface area contributed by atoms with E-state index in [-0.39, 0.29) is 6.04 Å². The molecular formula is C20H19N5OS2. The van der Waals surface area contributed by atoms with E-state index in [1.165, 1.54) is 11.3 Å². The number of anilines is 3. The molecule has 6 nitrogen and oxygen atoms in total. The number of aromatic nitrogens is 3. The Bertz CT molecular complexity index is 1150. The van der Waals surface area contributed by atoms with Crippen LogP contribution in [0.2, 0.25) is 0 Å². The number of pyridine rings is 1. The lowest BCUT2D eigenvalue weighted by Gasteiger charge is -2.15. The van der Waals surface area contributed by atoms with Crippen molar-refractivity contribution in [1.82, 2.24) is 15.0 Å². The van der Waals surface area contributed by atoms with Gasteiger partial charge in [0.1, 0.15) is 16.5 Å². The Labute approximate surface area is 170 Å². The van der Waals surface area contributed by atoms with Gasteiger partial charge in [0.15, 0.2) is 6.29 Å². The SMILES string of the molecule is Cc1sc(-c2cnc(Nc3ccc4ncsc4c3)cc2NC(C)C)nc1C=O. The molecule has 1 aromatic carbocycles. The van der Waals surface area contributed by atoms with Gasteiger partial charge < -0.3 is 10.6 Å². The minimum Gasteiger partial charge on any atom is -0.382 e. The number of carbonyl (C=O) groups excluding carboxylic acids is 1. The van der Waals surface area contributed by atoms with Crippen LogP contribution in [0.15, 0.2) is 36.0 Å². The Morgan fingerprint density at radius 2 is 2.04 bits per heavy atom. The number of hydrogen-bond donors (Lipinski definition) is 2. The topological polar surface area (TPSA) is 79.8 Å². The molecule has 0 amide bonds. The molecule has 0 bridgehead atoms.